The third-order valence-electron chi connectivity index (χ3n) is 4.93. The number of sulfonamides is 1. The van der Waals surface area contributed by atoms with E-state index in [1.54, 1.807) is 0 Å². The number of alkyl halides is 2. The number of rotatable bonds is 8. The molecule has 0 radical (unpaired) electrons. The minimum atomic E-state index is -3.74. The lowest BCUT2D eigenvalue weighted by Crippen LogP contribution is -2.34. The van der Waals surface area contributed by atoms with Gasteiger partial charge in [0.15, 0.2) is 5.13 Å². The van der Waals surface area contributed by atoms with E-state index in [0.717, 1.165) is 21.0 Å². The largest absolute Gasteiger partial charge is 0.298 e. The molecule has 0 unspecified atom stereocenters. The second kappa shape index (κ2) is 9.72. The van der Waals surface area contributed by atoms with Crippen molar-refractivity contribution in [3.63, 3.8) is 0 Å². The maximum atomic E-state index is 12.8. The molecule has 4 aromatic rings. The number of carbonyl (C=O) groups is 1. The highest BCUT2D eigenvalue weighted by molar-refractivity contribution is 7.89. The molecule has 0 fully saturated rings. The molecule has 1 N–H and O–H groups in total. The van der Waals surface area contributed by atoms with Crippen LogP contribution >= 0.6 is 34.5 Å². The number of benzene rings is 3. The molecule has 0 aliphatic heterocycles. The van der Waals surface area contributed by atoms with Gasteiger partial charge in [-0.25, -0.2) is 13.4 Å². The molecule has 1 heterocycles. The first-order valence-electron chi connectivity index (χ1n) is 9.76. The number of hydrogen-bond acceptors (Lipinski definition) is 5. The quantitative estimate of drug-likeness (QED) is 0.333. The van der Waals surface area contributed by atoms with Gasteiger partial charge in [0.05, 0.1) is 15.1 Å². The van der Waals surface area contributed by atoms with Crippen molar-refractivity contribution >= 4 is 76.6 Å². The molecule has 0 saturated carbocycles. The van der Waals surface area contributed by atoms with Crippen LogP contribution in [0.15, 0.2) is 65.6 Å². The highest BCUT2D eigenvalue weighted by Crippen LogP contribution is 2.32. The van der Waals surface area contributed by atoms with Gasteiger partial charge < -0.3 is 0 Å². The van der Waals surface area contributed by atoms with Gasteiger partial charge in [0, 0.05) is 35.8 Å². The second-order valence-corrected chi connectivity index (χ2v) is 10.6. The van der Waals surface area contributed by atoms with Crippen molar-refractivity contribution in [3.8, 4) is 0 Å². The molecule has 0 aliphatic rings. The van der Waals surface area contributed by atoms with Gasteiger partial charge in [-0.1, -0.05) is 41.7 Å². The molecular formula is C22H19Cl2N3O3S2. The predicted octanol–water partition coefficient (Wildman–Crippen LogP) is 5.17. The molecular weight excluding hydrogens is 489 g/mol. The van der Waals surface area contributed by atoms with Crippen LogP contribution in [-0.4, -0.2) is 48.5 Å². The molecule has 1 amide bonds. The van der Waals surface area contributed by atoms with Crippen LogP contribution in [-0.2, 0) is 10.0 Å². The van der Waals surface area contributed by atoms with Crippen molar-refractivity contribution in [2.24, 2.45) is 0 Å². The van der Waals surface area contributed by atoms with Crippen molar-refractivity contribution in [3.05, 3.63) is 66.2 Å². The molecule has 0 atom stereocenters. The number of amides is 1. The molecule has 3 aromatic carbocycles. The summed E-state index contributed by atoms with van der Waals surface area (Å²) in [6.45, 7) is 0.316. The Morgan fingerprint density at radius 1 is 0.969 bits per heavy atom. The van der Waals surface area contributed by atoms with E-state index in [-0.39, 0.29) is 35.7 Å². The molecule has 0 bridgehead atoms. The molecule has 32 heavy (non-hydrogen) atoms. The van der Waals surface area contributed by atoms with Crippen LogP contribution < -0.4 is 5.32 Å². The van der Waals surface area contributed by atoms with Crippen LogP contribution in [0.2, 0.25) is 0 Å². The second-order valence-electron chi connectivity index (χ2n) is 6.91. The van der Waals surface area contributed by atoms with Gasteiger partial charge in [0.25, 0.3) is 5.91 Å². The zero-order valence-electron chi connectivity index (χ0n) is 16.8. The number of thiazole rings is 1. The number of halogens is 2. The van der Waals surface area contributed by atoms with Gasteiger partial charge in [-0.15, -0.1) is 23.2 Å². The summed E-state index contributed by atoms with van der Waals surface area (Å²) in [6.07, 6.45) is 0. The molecule has 0 spiro atoms. The lowest BCUT2D eigenvalue weighted by atomic mass is 10.1. The predicted molar refractivity (Wildman–Crippen MR) is 132 cm³/mol. The van der Waals surface area contributed by atoms with Crippen LogP contribution in [0.25, 0.3) is 21.0 Å². The average molecular weight is 508 g/mol. The summed E-state index contributed by atoms with van der Waals surface area (Å²) in [4.78, 5) is 17.4. The number of fused-ring (bicyclic) bond motifs is 3. The lowest BCUT2D eigenvalue weighted by molar-refractivity contribution is 0.102. The first kappa shape index (κ1) is 22.9. The fraction of sp³-hybridized carbons (Fsp3) is 0.182. The van der Waals surface area contributed by atoms with Crippen LogP contribution in [0.1, 0.15) is 10.4 Å². The lowest BCUT2D eigenvalue weighted by Gasteiger charge is -2.20. The van der Waals surface area contributed by atoms with Crippen LogP contribution in [0.5, 0.6) is 0 Å². The number of hydrogen-bond donors (Lipinski definition) is 1. The van der Waals surface area contributed by atoms with E-state index in [1.807, 2.05) is 36.4 Å². The summed E-state index contributed by atoms with van der Waals surface area (Å²) in [5.74, 6) is -0.0436. The first-order chi connectivity index (χ1) is 15.4. The molecule has 6 nitrogen and oxygen atoms in total. The first-order valence-corrected chi connectivity index (χ1v) is 13.1. The van der Waals surface area contributed by atoms with Crippen molar-refractivity contribution in [1.82, 2.24) is 9.29 Å². The highest BCUT2D eigenvalue weighted by atomic mass is 35.5. The fourth-order valence-corrected chi connectivity index (χ4v) is 6.28. The van der Waals surface area contributed by atoms with Crippen LogP contribution in [0.3, 0.4) is 0 Å². The third-order valence-corrected chi connectivity index (χ3v) is 8.11. The number of carbonyl (C=O) groups excluding carboxylic acids is 1. The van der Waals surface area contributed by atoms with E-state index < -0.39 is 10.0 Å². The minimum absolute atomic E-state index is 0.0794. The molecule has 166 valence electrons. The van der Waals surface area contributed by atoms with E-state index >= 15 is 0 Å². The van der Waals surface area contributed by atoms with Crippen molar-refractivity contribution < 1.29 is 13.2 Å². The summed E-state index contributed by atoms with van der Waals surface area (Å²) >= 11 is 12.8. The van der Waals surface area contributed by atoms with Crippen molar-refractivity contribution in [2.75, 3.05) is 30.2 Å². The molecule has 10 heteroatoms. The van der Waals surface area contributed by atoms with E-state index in [9.17, 15) is 13.2 Å². The smallest absolute Gasteiger partial charge is 0.257 e. The molecule has 4 rings (SSSR count). The van der Waals surface area contributed by atoms with Crippen LogP contribution in [0, 0.1) is 0 Å². The Bertz CT molecular complexity index is 1370. The Kier molecular flexibility index (Phi) is 6.97. The van der Waals surface area contributed by atoms with Gasteiger partial charge >= 0.3 is 0 Å². The topological polar surface area (TPSA) is 79.4 Å². The Balaban J connectivity index is 1.55. The summed E-state index contributed by atoms with van der Waals surface area (Å²) in [5, 5.41) is 5.39. The maximum absolute atomic E-state index is 12.8. The standard InChI is InChI=1S/C22H19Cl2N3O3S2/c23-11-13-27(14-12-24)32(29,30)17-8-5-16(6-9-17)21(28)26-22-25-20-18-4-2-1-3-15(18)7-10-19(20)31-22/h1-10H,11-14H2,(H,25,26,28). The molecule has 0 saturated heterocycles. The molecule has 1 aromatic heterocycles. The minimum Gasteiger partial charge on any atom is -0.298 e. The van der Waals surface area contributed by atoms with Crippen molar-refractivity contribution in [2.45, 2.75) is 4.90 Å². The summed E-state index contributed by atoms with van der Waals surface area (Å²) in [5.41, 5.74) is 1.16. The molecule has 0 aliphatic carbocycles. The average Bonchev–Trinajstić information content (AvgIpc) is 3.22. The summed E-state index contributed by atoms with van der Waals surface area (Å²) in [6, 6.07) is 17.7. The zero-order valence-corrected chi connectivity index (χ0v) is 19.9. The van der Waals surface area contributed by atoms with Gasteiger partial charge in [0.1, 0.15) is 0 Å². The zero-order chi connectivity index (χ0) is 22.7. The normalized spacial score (nSPS) is 12.0. The van der Waals surface area contributed by atoms with Gasteiger partial charge in [0.2, 0.25) is 10.0 Å². The maximum Gasteiger partial charge on any atom is 0.257 e. The van der Waals surface area contributed by atoms with Gasteiger partial charge in [-0.05, 0) is 35.7 Å². The van der Waals surface area contributed by atoms with E-state index in [2.05, 4.69) is 10.3 Å². The summed E-state index contributed by atoms with van der Waals surface area (Å²) < 4.78 is 27.8. The van der Waals surface area contributed by atoms with E-state index in [0.29, 0.717) is 10.7 Å². The Labute approximate surface area is 199 Å². The number of aromatic nitrogens is 1. The number of nitrogens with one attached hydrogen (secondary N) is 1. The van der Waals surface area contributed by atoms with E-state index in [1.165, 1.54) is 39.9 Å². The third kappa shape index (κ3) is 4.60. The van der Waals surface area contributed by atoms with Crippen molar-refractivity contribution in [1.29, 1.82) is 0 Å². The SMILES string of the molecule is O=C(Nc1nc2c(ccc3ccccc32)s1)c1ccc(S(=O)(=O)N(CCCl)CCCl)cc1. The summed E-state index contributed by atoms with van der Waals surface area (Å²) in [7, 11) is -3.74. The van der Waals surface area contributed by atoms with Gasteiger partial charge in [-0.2, -0.15) is 4.31 Å². The van der Waals surface area contributed by atoms with E-state index in [4.69, 9.17) is 23.2 Å². The van der Waals surface area contributed by atoms with Gasteiger partial charge in [-0.3, -0.25) is 10.1 Å². The van der Waals surface area contributed by atoms with Crippen LogP contribution in [0.4, 0.5) is 5.13 Å². The number of nitrogens with zero attached hydrogens (tertiary/aromatic N) is 2. The monoisotopic (exact) mass is 507 g/mol. The Morgan fingerprint density at radius 3 is 2.34 bits per heavy atom. The number of anilines is 1. The Morgan fingerprint density at radius 2 is 1.66 bits per heavy atom. The fourth-order valence-electron chi connectivity index (χ4n) is 3.35. The Hall–Kier alpha value is -2.23. The highest BCUT2D eigenvalue weighted by Gasteiger charge is 2.24.